The molecule has 0 aromatic heterocycles. The van der Waals surface area contributed by atoms with E-state index in [-0.39, 0.29) is 23.5 Å². The predicted octanol–water partition coefficient (Wildman–Crippen LogP) is 1.81. The fraction of sp³-hybridized carbons (Fsp3) is 0.471. The van der Waals surface area contributed by atoms with Gasteiger partial charge in [-0.3, -0.25) is 14.4 Å². The molecule has 0 radical (unpaired) electrons. The molecular formula is C17H21N3O3S. The standard InChI is InChI=1S/C17H21N3O3S/c1-2-18-8-10-19(11-9-18)15(21)12-14-16(22)20(17(23)24-14)13-6-4-3-5-7-13/h3-7,14H,2,8-12H2,1H3. The van der Waals surface area contributed by atoms with E-state index in [1.165, 1.54) is 4.90 Å². The number of thioether (sulfide) groups is 1. The molecule has 0 spiro atoms. The zero-order valence-corrected chi connectivity index (χ0v) is 14.5. The van der Waals surface area contributed by atoms with Crippen LogP contribution in [0.4, 0.5) is 10.5 Å². The van der Waals surface area contributed by atoms with Crippen molar-refractivity contribution < 1.29 is 14.4 Å². The van der Waals surface area contributed by atoms with Crippen LogP contribution in [0, 0.1) is 0 Å². The minimum absolute atomic E-state index is 0.0423. The van der Waals surface area contributed by atoms with Gasteiger partial charge in [0.1, 0.15) is 5.25 Å². The average molecular weight is 347 g/mol. The largest absolute Gasteiger partial charge is 0.340 e. The van der Waals surface area contributed by atoms with Crippen molar-refractivity contribution >= 4 is 34.5 Å². The molecule has 3 rings (SSSR count). The first-order valence-corrected chi connectivity index (χ1v) is 9.08. The molecule has 0 saturated carbocycles. The summed E-state index contributed by atoms with van der Waals surface area (Å²) in [5.74, 6) is -0.337. The fourth-order valence-electron chi connectivity index (χ4n) is 3.00. The first kappa shape index (κ1) is 17.0. The van der Waals surface area contributed by atoms with Crippen LogP contribution in [-0.4, -0.2) is 64.8 Å². The summed E-state index contributed by atoms with van der Waals surface area (Å²) >= 11 is 0.954. The Balaban J connectivity index is 1.61. The molecule has 0 aliphatic carbocycles. The lowest BCUT2D eigenvalue weighted by molar-refractivity contribution is -0.134. The number of likely N-dealkylation sites (N-methyl/N-ethyl adjacent to an activating group) is 1. The molecule has 1 aromatic rings. The van der Waals surface area contributed by atoms with Crippen LogP contribution >= 0.6 is 11.8 Å². The highest BCUT2D eigenvalue weighted by Gasteiger charge is 2.42. The number of rotatable bonds is 4. The molecule has 0 bridgehead atoms. The van der Waals surface area contributed by atoms with Crippen LogP contribution in [0.3, 0.4) is 0 Å². The normalized spacial score (nSPS) is 22.3. The van der Waals surface area contributed by atoms with Gasteiger partial charge in [0.2, 0.25) is 11.8 Å². The third-order valence-electron chi connectivity index (χ3n) is 4.47. The van der Waals surface area contributed by atoms with Gasteiger partial charge in [-0.15, -0.1) is 0 Å². The maximum absolute atomic E-state index is 12.5. The SMILES string of the molecule is CCN1CCN(C(=O)CC2SC(=O)N(c3ccccc3)C2=O)CC1. The Labute approximate surface area is 145 Å². The van der Waals surface area contributed by atoms with Crippen LogP contribution in [0.15, 0.2) is 30.3 Å². The van der Waals surface area contributed by atoms with Crippen LogP contribution in [0.25, 0.3) is 0 Å². The Kier molecular flexibility index (Phi) is 5.20. The van der Waals surface area contributed by atoms with Gasteiger partial charge < -0.3 is 9.80 Å². The van der Waals surface area contributed by atoms with E-state index in [2.05, 4.69) is 11.8 Å². The van der Waals surface area contributed by atoms with Gasteiger partial charge >= 0.3 is 0 Å². The lowest BCUT2D eigenvalue weighted by atomic mass is 10.2. The molecule has 1 atom stereocenters. The molecule has 1 aromatic carbocycles. The highest BCUT2D eigenvalue weighted by Crippen LogP contribution is 2.33. The summed E-state index contributed by atoms with van der Waals surface area (Å²) in [4.78, 5) is 42.4. The second-order valence-electron chi connectivity index (χ2n) is 5.90. The Bertz CT molecular complexity index is 629. The Hall–Kier alpha value is -1.86. The molecular weight excluding hydrogens is 326 g/mol. The van der Waals surface area contributed by atoms with Crippen LogP contribution < -0.4 is 4.90 Å². The van der Waals surface area contributed by atoms with Gasteiger partial charge in [-0.1, -0.05) is 25.1 Å². The van der Waals surface area contributed by atoms with E-state index in [0.717, 1.165) is 31.4 Å². The number of hydrogen-bond donors (Lipinski definition) is 0. The van der Waals surface area contributed by atoms with Gasteiger partial charge in [-0.25, -0.2) is 4.90 Å². The van der Waals surface area contributed by atoms with Gasteiger partial charge in [0.05, 0.1) is 5.69 Å². The van der Waals surface area contributed by atoms with E-state index in [0.29, 0.717) is 18.8 Å². The van der Waals surface area contributed by atoms with Crippen molar-refractivity contribution in [2.75, 3.05) is 37.6 Å². The number of carbonyl (C=O) groups is 3. The number of nitrogens with zero attached hydrogens (tertiary/aromatic N) is 3. The van der Waals surface area contributed by atoms with Crippen LogP contribution in [0.1, 0.15) is 13.3 Å². The van der Waals surface area contributed by atoms with Crippen molar-refractivity contribution in [1.29, 1.82) is 0 Å². The van der Waals surface area contributed by atoms with Crippen LogP contribution in [-0.2, 0) is 9.59 Å². The number of benzene rings is 1. The molecule has 2 heterocycles. The Morgan fingerprint density at radius 3 is 2.42 bits per heavy atom. The average Bonchev–Trinajstić information content (AvgIpc) is 2.89. The number of para-hydroxylation sites is 1. The number of piperazine rings is 1. The molecule has 2 aliphatic heterocycles. The van der Waals surface area contributed by atoms with Gasteiger partial charge in [0.25, 0.3) is 5.24 Å². The minimum Gasteiger partial charge on any atom is -0.340 e. The van der Waals surface area contributed by atoms with Crippen LogP contribution in [0.2, 0.25) is 0 Å². The first-order valence-electron chi connectivity index (χ1n) is 8.20. The van der Waals surface area contributed by atoms with Crippen molar-refractivity contribution in [3.63, 3.8) is 0 Å². The number of anilines is 1. The summed E-state index contributed by atoms with van der Waals surface area (Å²) in [6.07, 6.45) is 0.0880. The summed E-state index contributed by atoms with van der Waals surface area (Å²) in [5, 5.41) is -0.922. The molecule has 0 N–H and O–H groups in total. The van der Waals surface area contributed by atoms with Gasteiger partial charge in [-0.2, -0.15) is 0 Å². The quantitative estimate of drug-likeness (QED) is 0.831. The lowest BCUT2D eigenvalue weighted by Gasteiger charge is -2.34. The van der Waals surface area contributed by atoms with E-state index >= 15 is 0 Å². The minimum atomic E-state index is -0.616. The van der Waals surface area contributed by atoms with Gasteiger partial charge in [0, 0.05) is 32.6 Å². The topological polar surface area (TPSA) is 60.9 Å². The van der Waals surface area contributed by atoms with E-state index in [4.69, 9.17) is 0 Å². The molecule has 128 valence electrons. The molecule has 2 fully saturated rings. The third-order valence-corrected chi connectivity index (χ3v) is 5.51. The van der Waals surface area contributed by atoms with Gasteiger partial charge in [-0.05, 0) is 30.4 Å². The number of hydrogen-bond acceptors (Lipinski definition) is 5. The first-order chi connectivity index (χ1) is 11.6. The maximum atomic E-state index is 12.5. The highest BCUT2D eigenvalue weighted by atomic mass is 32.2. The molecule has 2 aliphatic rings. The smallest absolute Gasteiger partial charge is 0.293 e. The van der Waals surface area contributed by atoms with Crippen LogP contribution in [0.5, 0.6) is 0 Å². The summed E-state index contributed by atoms with van der Waals surface area (Å²) < 4.78 is 0. The maximum Gasteiger partial charge on any atom is 0.293 e. The monoisotopic (exact) mass is 347 g/mol. The number of imide groups is 1. The second-order valence-corrected chi connectivity index (χ2v) is 7.05. The fourth-order valence-corrected chi connectivity index (χ4v) is 3.97. The Morgan fingerprint density at radius 1 is 1.12 bits per heavy atom. The van der Waals surface area contributed by atoms with Crippen molar-refractivity contribution in [2.45, 2.75) is 18.6 Å². The van der Waals surface area contributed by atoms with E-state index in [1.54, 1.807) is 29.2 Å². The second kappa shape index (κ2) is 7.36. The van der Waals surface area contributed by atoms with Crippen molar-refractivity contribution in [2.24, 2.45) is 0 Å². The van der Waals surface area contributed by atoms with Crippen molar-refractivity contribution in [1.82, 2.24) is 9.80 Å². The van der Waals surface area contributed by atoms with E-state index in [9.17, 15) is 14.4 Å². The Morgan fingerprint density at radius 2 is 1.79 bits per heavy atom. The summed E-state index contributed by atoms with van der Waals surface area (Å²) in [7, 11) is 0. The molecule has 2 saturated heterocycles. The van der Waals surface area contributed by atoms with E-state index < -0.39 is 5.25 Å². The molecule has 24 heavy (non-hydrogen) atoms. The molecule has 6 nitrogen and oxygen atoms in total. The predicted molar refractivity (Wildman–Crippen MR) is 94.0 cm³/mol. The third kappa shape index (κ3) is 3.47. The molecule has 3 amide bonds. The highest BCUT2D eigenvalue weighted by molar-refractivity contribution is 8.15. The van der Waals surface area contributed by atoms with Crippen molar-refractivity contribution in [3.05, 3.63) is 30.3 Å². The number of carbonyl (C=O) groups excluding carboxylic acids is 3. The zero-order valence-electron chi connectivity index (χ0n) is 13.7. The molecule has 1 unspecified atom stereocenters. The summed E-state index contributed by atoms with van der Waals surface area (Å²) in [6, 6.07) is 8.85. The lowest BCUT2D eigenvalue weighted by Crippen LogP contribution is -2.49. The zero-order chi connectivity index (χ0) is 17.1. The molecule has 7 heteroatoms. The summed E-state index contributed by atoms with van der Waals surface area (Å²) in [6.45, 7) is 6.20. The number of amides is 3. The van der Waals surface area contributed by atoms with Gasteiger partial charge in [0.15, 0.2) is 0 Å². The summed E-state index contributed by atoms with van der Waals surface area (Å²) in [5.41, 5.74) is 0.562. The van der Waals surface area contributed by atoms with Crippen molar-refractivity contribution in [3.8, 4) is 0 Å². The van der Waals surface area contributed by atoms with E-state index in [1.807, 2.05) is 6.07 Å².